The Kier molecular flexibility index (Phi) is 8.70. The molecule has 2 nitrogen and oxygen atoms in total. The molecule has 1 heterocycles. The number of nitrogens with one attached hydrogen (secondary N) is 1. The highest BCUT2D eigenvalue weighted by molar-refractivity contribution is 4.75. The van der Waals surface area contributed by atoms with Gasteiger partial charge in [-0.3, -0.25) is 4.90 Å². The molecule has 0 radical (unpaired) electrons. The second-order valence-corrected chi connectivity index (χ2v) is 6.30. The van der Waals surface area contributed by atoms with Crippen molar-refractivity contribution in [1.82, 2.24) is 10.2 Å². The van der Waals surface area contributed by atoms with Crippen molar-refractivity contribution in [2.24, 2.45) is 5.92 Å². The van der Waals surface area contributed by atoms with E-state index in [1.165, 1.54) is 64.6 Å². The van der Waals surface area contributed by atoms with Gasteiger partial charge < -0.3 is 5.32 Å². The predicted octanol–water partition coefficient (Wildman–Crippen LogP) is 3.67. The topological polar surface area (TPSA) is 15.3 Å². The van der Waals surface area contributed by atoms with Crippen LogP contribution in [-0.4, -0.2) is 37.1 Å². The van der Waals surface area contributed by atoms with Crippen molar-refractivity contribution < 1.29 is 0 Å². The number of nitrogens with zero attached hydrogens (tertiary/aromatic N) is 1. The van der Waals surface area contributed by atoms with Crippen LogP contribution in [0.3, 0.4) is 0 Å². The molecule has 1 fully saturated rings. The van der Waals surface area contributed by atoms with Crippen LogP contribution in [0.5, 0.6) is 0 Å². The summed E-state index contributed by atoms with van der Waals surface area (Å²) in [5.41, 5.74) is 0. The van der Waals surface area contributed by atoms with E-state index in [1.54, 1.807) is 0 Å². The van der Waals surface area contributed by atoms with Crippen molar-refractivity contribution in [3.63, 3.8) is 0 Å². The van der Waals surface area contributed by atoms with Gasteiger partial charge in [-0.1, -0.05) is 46.5 Å². The molecule has 1 saturated heterocycles. The van der Waals surface area contributed by atoms with Crippen LogP contribution < -0.4 is 5.32 Å². The summed E-state index contributed by atoms with van der Waals surface area (Å²) in [6.07, 6.45) is 9.81. The Hall–Kier alpha value is -0.0800. The lowest BCUT2D eigenvalue weighted by Crippen LogP contribution is -2.44. The molecule has 18 heavy (non-hydrogen) atoms. The highest BCUT2D eigenvalue weighted by Gasteiger charge is 2.18. The van der Waals surface area contributed by atoms with E-state index in [9.17, 15) is 0 Å². The highest BCUT2D eigenvalue weighted by atomic mass is 15.2. The third-order valence-electron chi connectivity index (χ3n) is 3.96. The molecule has 1 N–H and O–H groups in total. The van der Waals surface area contributed by atoms with Gasteiger partial charge in [0.1, 0.15) is 0 Å². The van der Waals surface area contributed by atoms with Gasteiger partial charge in [-0.25, -0.2) is 0 Å². The summed E-state index contributed by atoms with van der Waals surface area (Å²) in [6, 6.07) is 0.770. The average Bonchev–Trinajstić information content (AvgIpc) is 2.27. The Bertz CT molecular complexity index is 184. The summed E-state index contributed by atoms with van der Waals surface area (Å²) in [5.74, 6) is 0.764. The van der Waals surface area contributed by atoms with Gasteiger partial charge in [0, 0.05) is 12.6 Å². The second kappa shape index (κ2) is 9.80. The van der Waals surface area contributed by atoms with Crippen LogP contribution >= 0.6 is 0 Å². The molecule has 108 valence electrons. The van der Waals surface area contributed by atoms with Gasteiger partial charge in [-0.2, -0.15) is 0 Å². The Balaban J connectivity index is 2.36. The van der Waals surface area contributed by atoms with Crippen molar-refractivity contribution in [2.75, 3.05) is 26.2 Å². The minimum atomic E-state index is 0.764. The Morgan fingerprint density at radius 2 is 1.56 bits per heavy atom. The van der Waals surface area contributed by atoms with Gasteiger partial charge in [0.25, 0.3) is 0 Å². The fraction of sp³-hybridized carbons (Fsp3) is 1.00. The molecule has 0 saturated carbocycles. The Morgan fingerprint density at radius 1 is 0.944 bits per heavy atom. The van der Waals surface area contributed by atoms with Gasteiger partial charge in [0.2, 0.25) is 0 Å². The summed E-state index contributed by atoms with van der Waals surface area (Å²) in [5, 5.41) is 3.66. The fourth-order valence-electron chi connectivity index (χ4n) is 2.92. The van der Waals surface area contributed by atoms with Crippen LogP contribution in [-0.2, 0) is 0 Å². The smallest absolute Gasteiger partial charge is 0.0220 e. The summed E-state index contributed by atoms with van der Waals surface area (Å²) in [6.45, 7) is 11.9. The Morgan fingerprint density at radius 3 is 2.11 bits per heavy atom. The standard InChI is InChI=1S/C16H34N2/c1-4-10-16(14-17-13-15(2)3)18-11-8-6-5-7-9-12-18/h15-17H,4-14H2,1-3H3. The molecule has 1 atom stereocenters. The van der Waals surface area contributed by atoms with E-state index >= 15 is 0 Å². The van der Waals surface area contributed by atoms with Crippen LogP contribution in [0.4, 0.5) is 0 Å². The molecule has 0 aromatic carbocycles. The minimum Gasteiger partial charge on any atom is -0.315 e. The van der Waals surface area contributed by atoms with Crippen molar-refractivity contribution in [3.05, 3.63) is 0 Å². The van der Waals surface area contributed by atoms with E-state index in [4.69, 9.17) is 0 Å². The van der Waals surface area contributed by atoms with Crippen LogP contribution in [0.1, 0.15) is 65.7 Å². The molecule has 0 amide bonds. The molecule has 0 aromatic rings. The number of hydrogen-bond donors (Lipinski definition) is 1. The molecule has 2 heteroatoms. The predicted molar refractivity (Wildman–Crippen MR) is 81.1 cm³/mol. The number of hydrogen-bond acceptors (Lipinski definition) is 2. The van der Waals surface area contributed by atoms with Crippen LogP contribution in [0.2, 0.25) is 0 Å². The SMILES string of the molecule is CCCC(CNCC(C)C)N1CCCCCCC1. The van der Waals surface area contributed by atoms with Gasteiger partial charge in [-0.15, -0.1) is 0 Å². The second-order valence-electron chi connectivity index (χ2n) is 6.30. The quantitative estimate of drug-likeness (QED) is 0.746. The van der Waals surface area contributed by atoms with E-state index < -0.39 is 0 Å². The highest BCUT2D eigenvalue weighted by Crippen LogP contribution is 2.15. The van der Waals surface area contributed by atoms with E-state index in [-0.39, 0.29) is 0 Å². The lowest BCUT2D eigenvalue weighted by Gasteiger charge is -2.33. The summed E-state index contributed by atoms with van der Waals surface area (Å²) >= 11 is 0. The van der Waals surface area contributed by atoms with E-state index in [2.05, 4.69) is 31.0 Å². The minimum absolute atomic E-state index is 0.764. The Labute approximate surface area is 115 Å². The number of likely N-dealkylation sites (tertiary alicyclic amines) is 1. The zero-order valence-corrected chi connectivity index (χ0v) is 12.9. The average molecular weight is 254 g/mol. The van der Waals surface area contributed by atoms with Gasteiger partial charge in [0.15, 0.2) is 0 Å². The van der Waals surface area contributed by atoms with Gasteiger partial charge in [-0.05, 0) is 44.8 Å². The molecule has 0 aromatic heterocycles. The summed E-state index contributed by atoms with van der Waals surface area (Å²) < 4.78 is 0. The third-order valence-corrected chi connectivity index (χ3v) is 3.96. The molecule has 0 bridgehead atoms. The van der Waals surface area contributed by atoms with Gasteiger partial charge in [0.05, 0.1) is 0 Å². The molecule has 0 spiro atoms. The lowest BCUT2D eigenvalue weighted by atomic mass is 10.0. The lowest BCUT2D eigenvalue weighted by molar-refractivity contribution is 0.165. The maximum Gasteiger partial charge on any atom is 0.0220 e. The summed E-state index contributed by atoms with van der Waals surface area (Å²) in [4.78, 5) is 2.76. The van der Waals surface area contributed by atoms with Crippen LogP contribution in [0.25, 0.3) is 0 Å². The van der Waals surface area contributed by atoms with E-state index in [0.717, 1.165) is 18.5 Å². The maximum absolute atomic E-state index is 3.66. The van der Waals surface area contributed by atoms with Crippen molar-refractivity contribution >= 4 is 0 Å². The third kappa shape index (κ3) is 6.75. The monoisotopic (exact) mass is 254 g/mol. The molecule has 1 rings (SSSR count). The zero-order chi connectivity index (χ0) is 13.2. The first-order chi connectivity index (χ1) is 8.74. The fourth-order valence-corrected chi connectivity index (χ4v) is 2.92. The van der Waals surface area contributed by atoms with E-state index in [0.29, 0.717) is 0 Å². The largest absolute Gasteiger partial charge is 0.315 e. The van der Waals surface area contributed by atoms with Crippen molar-refractivity contribution in [2.45, 2.75) is 71.8 Å². The molecule has 0 aliphatic carbocycles. The number of rotatable bonds is 7. The van der Waals surface area contributed by atoms with Crippen LogP contribution in [0, 0.1) is 5.92 Å². The first-order valence-electron chi connectivity index (χ1n) is 8.18. The van der Waals surface area contributed by atoms with Crippen molar-refractivity contribution in [3.8, 4) is 0 Å². The zero-order valence-electron chi connectivity index (χ0n) is 12.9. The molecular formula is C16H34N2. The molecular weight excluding hydrogens is 220 g/mol. The van der Waals surface area contributed by atoms with Gasteiger partial charge >= 0.3 is 0 Å². The van der Waals surface area contributed by atoms with Crippen molar-refractivity contribution in [1.29, 1.82) is 0 Å². The molecule has 1 aliphatic heterocycles. The van der Waals surface area contributed by atoms with E-state index in [1.807, 2.05) is 0 Å². The first-order valence-corrected chi connectivity index (χ1v) is 8.18. The maximum atomic E-state index is 3.66. The van der Waals surface area contributed by atoms with Crippen LogP contribution in [0.15, 0.2) is 0 Å². The molecule has 1 unspecified atom stereocenters. The first kappa shape index (κ1) is 16.0. The molecule has 1 aliphatic rings. The normalized spacial score (nSPS) is 20.7. The summed E-state index contributed by atoms with van der Waals surface area (Å²) in [7, 11) is 0.